The van der Waals surface area contributed by atoms with Crippen LogP contribution in [0.2, 0.25) is 0 Å². The fourth-order valence-corrected chi connectivity index (χ4v) is 4.76. The molecule has 4 aromatic heterocycles. The third-order valence-electron chi connectivity index (χ3n) is 6.09. The molecule has 0 aliphatic carbocycles. The number of H-pyrrole nitrogens is 1. The molecule has 2 N–H and O–H groups in total. The summed E-state index contributed by atoms with van der Waals surface area (Å²) in [7, 11) is 0. The minimum Gasteiger partial charge on any atom is -0.465 e. The lowest BCUT2D eigenvalue weighted by atomic mass is 10.1. The maximum Gasteiger partial charge on any atom is 0.325 e. The van der Waals surface area contributed by atoms with Crippen molar-refractivity contribution in [2.24, 2.45) is 0 Å². The molecule has 0 aliphatic rings. The number of hydrogen-bond donors (Lipinski definition) is 2. The number of halogens is 1. The number of nitrogens with one attached hydrogen (secondary N) is 2. The number of esters is 1. The summed E-state index contributed by atoms with van der Waals surface area (Å²) in [4.78, 5) is 25.7. The monoisotopic (exact) mass is 539 g/mol. The second kappa shape index (κ2) is 9.13. The number of anilines is 1. The van der Waals surface area contributed by atoms with E-state index in [1.54, 1.807) is 6.92 Å². The van der Waals surface area contributed by atoms with Crippen molar-refractivity contribution in [1.29, 1.82) is 0 Å². The van der Waals surface area contributed by atoms with Gasteiger partial charge in [0.1, 0.15) is 23.7 Å². The second-order valence-corrected chi connectivity index (χ2v) is 9.27. The zero-order valence-corrected chi connectivity index (χ0v) is 21.0. The molecular formula is C28H22BrN5O2. The number of ether oxygens (including phenoxy) is 1. The van der Waals surface area contributed by atoms with Crippen LogP contribution < -0.4 is 5.32 Å². The van der Waals surface area contributed by atoms with Gasteiger partial charge in [0.15, 0.2) is 0 Å². The molecule has 0 fully saturated rings. The van der Waals surface area contributed by atoms with Crippen molar-refractivity contribution >= 4 is 55.2 Å². The number of nitrogens with zero attached hydrogens (tertiary/aromatic N) is 3. The summed E-state index contributed by atoms with van der Waals surface area (Å²) >= 11 is 3.53. The Bertz CT molecular complexity index is 1740. The van der Waals surface area contributed by atoms with Gasteiger partial charge >= 0.3 is 5.97 Å². The number of para-hydroxylation sites is 1. The first-order valence-corrected chi connectivity index (χ1v) is 12.5. The number of aromatic nitrogens is 4. The number of carbonyl (C=O) groups excluding carboxylic acids is 1. The lowest BCUT2D eigenvalue weighted by Gasteiger charge is -2.10. The van der Waals surface area contributed by atoms with Gasteiger partial charge in [-0.25, -0.2) is 9.97 Å². The van der Waals surface area contributed by atoms with Crippen LogP contribution in [0.1, 0.15) is 6.92 Å². The van der Waals surface area contributed by atoms with Gasteiger partial charge < -0.3 is 15.0 Å². The van der Waals surface area contributed by atoms with Crippen LogP contribution in [0.4, 0.5) is 5.82 Å². The molecule has 0 radical (unpaired) electrons. The predicted octanol–water partition coefficient (Wildman–Crippen LogP) is 6.44. The Kier molecular flexibility index (Phi) is 5.65. The van der Waals surface area contributed by atoms with Crippen LogP contribution in [0.5, 0.6) is 0 Å². The summed E-state index contributed by atoms with van der Waals surface area (Å²) in [5, 5.41) is 5.40. The summed E-state index contributed by atoms with van der Waals surface area (Å²) < 4.78 is 8.05. The highest BCUT2D eigenvalue weighted by Crippen LogP contribution is 2.37. The number of hydrogen-bond acceptors (Lipinski definition) is 5. The van der Waals surface area contributed by atoms with Crippen molar-refractivity contribution in [2.75, 3.05) is 18.5 Å². The summed E-state index contributed by atoms with van der Waals surface area (Å²) in [5.41, 5.74) is 5.95. The van der Waals surface area contributed by atoms with Crippen LogP contribution in [0.3, 0.4) is 0 Å². The van der Waals surface area contributed by atoms with Crippen LogP contribution in [-0.2, 0) is 9.53 Å². The third-order valence-corrected chi connectivity index (χ3v) is 6.62. The number of benzene rings is 2. The maximum absolute atomic E-state index is 12.1. The predicted molar refractivity (Wildman–Crippen MR) is 146 cm³/mol. The van der Waals surface area contributed by atoms with Crippen molar-refractivity contribution < 1.29 is 9.53 Å². The minimum absolute atomic E-state index is 0.0262. The number of fused-ring (bicyclic) bond motifs is 4. The molecular weight excluding hydrogens is 518 g/mol. The van der Waals surface area contributed by atoms with Crippen molar-refractivity contribution in [3.8, 4) is 22.6 Å². The Labute approximate surface area is 215 Å². The molecule has 7 nitrogen and oxygen atoms in total. The number of carbonyl (C=O) groups is 1. The highest BCUT2D eigenvalue weighted by Gasteiger charge is 2.20. The molecule has 178 valence electrons. The zero-order chi connectivity index (χ0) is 24.6. The van der Waals surface area contributed by atoms with Gasteiger partial charge in [-0.3, -0.25) is 9.20 Å². The number of aromatic amines is 1. The quantitative estimate of drug-likeness (QED) is 0.238. The first-order chi connectivity index (χ1) is 17.6. The van der Waals surface area contributed by atoms with Crippen molar-refractivity contribution in [1.82, 2.24) is 19.4 Å². The van der Waals surface area contributed by atoms with Gasteiger partial charge in [-0.2, -0.15) is 0 Å². The van der Waals surface area contributed by atoms with Gasteiger partial charge in [-0.05, 0) is 43.3 Å². The van der Waals surface area contributed by atoms with Crippen LogP contribution in [-0.4, -0.2) is 38.5 Å². The number of pyridine rings is 2. The van der Waals surface area contributed by atoms with Gasteiger partial charge in [0.05, 0.1) is 23.5 Å². The molecule has 0 saturated carbocycles. The highest BCUT2D eigenvalue weighted by atomic mass is 79.9. The van der Waals surface area contributed by atoms with Crippen LogP contribution in [0, 0.1) is 0 Å². The number of imidazole rings is 1. The minimum atomic E-state index is -0.329. The van der Waals surface area contributed by atoms with Gasteiger partial charge in [0.2, 0.25) is 0 Å². The summed E-state index contributed by atoms with van der Waals surface area (Å²) in [6.45, 7) is 2.15. The van der Waals surface area contributed by atoms with Gasteiger partial charge in [-0.1, -0.05) is 52.3 Å². The van der Waals surface area contributed by atoms with E-state index in [1.807, 2.05) is 65.2 Å². The largest absolute Gasteiger partial charge is 0.465 e. The Morgan fingerprint density at radius 1 is 1.00 bits per heavy atom. The van der Waals surface area contributed by atoms with E-state index >= 15 is 0 Å². The molecule has 2 aromatic carbocycles. The molecule has 8 heteroatoms. The van der Waals surface area contributed by atoms with Crippen molar-refractivity contribution in [3.63, 3.8) is 0 Å². The first-order valence-electron chi connectivity index (χ1n) is 11.7. The molecule has 36 heavy (non-hydrogen) atoms. The Morgan fingerprint density at radius 3 is 2.64 bits per heavy atom. The molecule has 0 amide bonds. The van der Waals surface area contributed by atoms with E-state index in [0.717, 1.165) is 43.2 Å². The summed E-state index contributed by atoms with van der Waals surface area (Å²) in [5.74, 6) is 0.358. The van der Waals surface area contributed by atoms with E-state index in [2.05, 4.69) is 44.4 Å². The summed E-state index contributed by atoms with van der Waals surface area (Å²) in [6.07, 6.45) is 1.92. The fourth-order valence-electron chi connectivity index (χ4n) is 4.49. The zero-order valence-electron chi connectivity index (χ0n) is 19.5. The van der Waals surface area contributed by atoms with Crippen LogP contribution in [0.15, 0.2) is 83.5 Å². The molecule has 0 spiro atoms. The lowest BCUT2D eigenvalue weighted by molar-refractivity contribution is -0.140. The SMILES string of the molecule is CCOC(=O)CNc1c(-c2cc3c([nH]c4ccccc43)c(-c3ccc(Br)cc3)n2)nc2ccccn12. The highest BCUT2D eigenvalue weighted by molar-refractivity contribution is 9.10. The molecule has 0 atom stereocenters. The van der Waals surface area contributed by atoms with E-state index in [9.17, 15) is 4.79 Å². The van der Waals surface area contributed by atoms with E-state index < -0.39 is 0 Å². The average molecular weight is 540 g/mol. The second-order valence-electron chi connectivity index (χ2n) is 8.35. The lowest BCUT2D eigenvalue weighted by Crippen LogP contribution is -2.18. The molecule has 0 bridgehead atoms. The fraction of sp³-hybridized carbons (Fsp3) is 0.107. The van der Waals surface area contributed by atoms with E-state index in [-0.39, 0.29) is 12.5 Å². The normalized spacial score (nSPS) is 11.4. The molecule has 0 unspecified atom stereocenters. The van der Waals surface area contributed by atoms with Gasteiger partial charge in [0, 0.05) is 32.5 Å². The topological polar surface area (TPSA) is 84.3 Å². The maximum atomic E-state index is 12.1. The standard InChI is InChI=1S/C28H22BrN5O2/c1-2-36-24(35)16-30-28-27(33-23-9-5-6-14-34(23)28)22-15-20-19-7-3-4-8-21(19)31-26(20)25(32-22)17-10-12-18(29)13-11-17/h3-15,30-31H,2,16H2,1H3. The Balaban J connectivity index is 1.60. The molecule has 0 saturated heterocycles. The Morgan fingerprint density at radius 2 is 1.81 bits per heavy atom. The smallest absolute Gasteiger partial charge is 0.325 e. The average Bonchev–Trinajstić information content (AvgIpc) is 3.46. The molecule has 0 aliphatic heterocycles. The number of rotatable bonds is 6. The van der Waals surface area contributed by atoms with E-state index in [1.165, 1.54) is 0 Å². The van der Waals surface area contributed by atoms with E-state index in [0.29, 0.717) is 23.8 Å². The van der Waals surface area contributed by atoms with Crippen molar-refractivity contribution in [3.05, 3.63) is 83.5 Å². The third kappa shape index (κ3) is 3.89. The van der Waals surface area contributed by atoms with E-state index in [4.69, 9.17) is 14.7 Å². The van der Waals surface area contributed by atoms with Crippen LogP contribution >= 0.6 is 15.9 Å². The van der Waals surface area contributed by atoms with Gasteiger partial charge in [0.25, 0.3) is 0 Å². The van der Waals surface area contributed by atoms with Gasteiger partial charge in [-0.15, -0.1) is 0 Å². The van der Waals surface area contributed by atoms with Crippen LogP contribution in [0.25, 0.3) is 50.1 Å². The first kappa shape index (κ1) is 22.3. The van der Waals surface area contributed by atoms with Crippen molar-refractivity contribution in [2.45, 2.75) is 6.92 Å². The molecule has 6 aromatic rings. The molecule has 4 heterocycles. The summed E-state index contributed by atoms with van der Waals surface area (Å²) in [6, 6.07) is 24.2. The molecule has 6 rings (SSSR count). The Hall–Kier alpha value is -4.17.